The summed E-state index contributed by atoms with van der Waals surface area (Å²) in [7, 11) is 0. The molecule has 254 valence electrons. The van der Waals surface area contributed by atoms with E-state index in [1.54, 1.807) is 0 Å². The van der Waals surface area contributed by atoms with Gasteiger partial charge in [-0.2, -0.15) is 9.97 Å². The fourth-order valence-electron chi connectivity index (χ4n) is 7.16. The van der Waals surface area contributed by atoms with Crippen LogP contribution < -0.4 is 4.90 Å². The van der Waals surface area contributed by atoms with Crippen molar-refractivity contribution >= 4 is 38.9 Å². The second-order valence-corrected chi connectivity index (χ2v) is 13.1. The van der Waals surface area contributed by atoms with Crippen LogP contribution in [0.4, 0.5) is 17.1 Å². The van der Waals surface area contributed by atoms with E-state index in [0.717, 1.165) is 61.1 Å². The van der Waals surface area contributed by atoms with Crippen molar-refractivity contribution < 1.29 is 5.11 Å². The van der Waals surface area contributed by atoms with Crippen LogP contribution in [-0.2, 0) is 6.61 Å². The van der Waals surface area contributed by atoms with E-state index < -0.39 is 0 Å². The summed E-state index contributed by atoms with van der Waals surface area (Å²) in [5, 5.41) is 12.0. The molecule has 0 bridgehead atoms. The van der Waals surface area contributed by atoms with Crippen molar-refractivity contribution in [1.29, 1.82) is 0 Å². The van der Waals surface area contributed by atoms with Gasteiger partial charge in [0.05, 0.1) is 23.3 Å². The molecule has 6 heteroatoms. The van der Waals surface area contributed by atoms with Crippen LogP contribution in [0.15, 0.2) is 176 Å². The average Bonchev–Trinajstić information content (AvgIpc) is 3.57. The molecule has 9 rings (SSSR count). The molecule has 0 aliphatic rings. The first-order chi connectivity index (χ1) is 26.2. The van der Waals surface area contributed by atoms with E-state index in [1.165, 1.54) is 11.1 Å². The Morgan fingerprint density at radius 1 is 0.509 bits per heavy atom. The van der Waals surface area contributed by atoms with Crippen molar-refractivity contribution in [1.82, 2.24) is 19.5 Å². The Kier molecular flexibility index (Phi) is 8.27. The first-order valence-electron chi connectivity index (χ1n) is 17.7. The highest BCUT2D eigenvalue weighted by molar-refractivity contribution is 6.16. The number of anilines is 3. The number of para-hydroxylation sites is 1. The van der Waals surface area contributed by atoms with E-state index in [4.69, 9.17) is 15.0 Å². The number of aliphatic hydroxyl groups excluding tert-OH is 1. The molecule has 2 heterocycles. The molecule has 6 nitrogen and oxygen atoms in total. The summed E-state index contributed by atoms with van der Waals surface area (Å²) < 4.78 is 2.16. The lowest BCUT2D eigenvalue weighted by Crippen LogP contribution is -2.11. The number of aryl methyl sites for hydroxylation is 1. The van der Waals surface area contributed by atoms with Gasteiger partial charge < -0.3 is 10.0 Å². The summed E-state index contributed by atoms with van der Waals surface area (Å²) in [4.78, 5) is 17.5. The molecular formula is C47H35N5O. The minimum absolute atomic E-state index is 0.0175. The number of rotatable bonds is 8. The van der Waals surface area contributed by atoms with Gasteiger partial charge in [-0.05, 0) is 71.6 Å². The van der Waals surface area contributed by atoms with Gasteiger partial charge in [0.15, 0.2) is 11.6 Å². The van der Waals surface area contributed by atoms with E-state index in [9.17, 15) is 5.11 Å². The lowest BCUT2D eigenvalue weighted by molar-refractivity contribution is 0.282. The van der Waals surface area contributed by atoms with Crippen molar-refractivity contribution in [2.75, 3.05) is 4.90 Å². The predicted octanol–water partition coefficient (Wildman–Crippen LogP) is 11.2. The van der Waals surface area contributed by atoms with Crippen LogP contribution >= 0.6 is 0 Å². The Bertz CT molecular complexity index is 2650. The zero-order valence-corrected chi connectivity index (χ0v) is 29.1. The Morgan fingerprint density at radius 3 is 1.72 bits per heavy atom. The third-order valence-electron chi connectivity index (χ3n) is 9.76. The molecule has 2 aromatic heterocycles. The molecule has 0 fully saturated rings. The highest BCUT2D eigenvalue weighted by Gasteiger charge is 2.23. The standard InChI is InChI=1S/C47H35N5O/c1-32-13-8-9-18-39(32)34-25-29-38(30-26-34)51(37-27-23-33(31-53)24-28-37)42-21-12-22-43-44(42)40-19-10-11-20-41(40)52(43)47-49-45(35-14-4-2-5-15-35)48-46(50-47)36-16-6-3-7-17-36/h2-30,53H,31H2,1H3. The molecule has 7 aromatic carbocycles. The normalized spacial score (nSPS) is 11.3. The fraction of sp³-hybridized carbons (Fsp3) is 0.0426. The van der Waals surface area contributed by atoms with Gasteiger partial charge in [-0.25, -0.2) is 4.98 Å². The molecule has 0 saturated heterocycles. The molecule has 0 saturated carbocycles. The van der Waals surface area contributed by atoms with E-state index >= 15 is 0 Å². The molecule has 0 radical (unpaired) electrons. The van der Waals surface area contributed by atoms with Crippen LogP contribution in [0.25, 0.3) is 61.7 Å². The van der Waals surface area contributed by atoms with Gasteiger partial charge in [0.1, 0.15) is 0 Å². The average molecular weight is 686 g/mol. The molecule has 9 aromatic rings. The molecular weight excluding hydrogens is 651 g/mol. The summed E-state index contributed by atoms with van der Waals surface area (Å²) in [6, 6.07) is 60.3. The summed E-state index contributed by atoms with van der Waals surface area (Å²) in [5.41, 5.74) is 11.3. The minimum Gasteiger partial charge on any atom is -0.392 e. The van der Waals surface area contributed by atoms with E-state index in [2.05, 4.69) is 120 Å². The van der Waals surface area contributed by atoms with Gasteiger partial charge in [-0.3, -0.25) is 4.57 Å². The Labute approximate surface area is 307 Å². The second-order valence-electron chi connectivity index (χ2n) is 13.1. The number of nitrogens with zero attached hydrogens (tertiary/aromatic N) is 5. The number of aliphatic hydroxyl groups is 1. The molecule has 0 amide bonds. The van der Waals surface area contributed by atoms with Crippen LogP contribution in [0.3, 0.4) is 0 Å². The SMILES string of the molecule is Cc1ccccc1-c1ccc(N(c2ccc(CO)cc2)c2cccc3c2c2ccccc2n3-c2nc(-c3ccccc3)nc(-c3ccccc3)n2)cc1. The lowest BCUT2D eigenvalue weighted by Gasteiger charge is -2.27. The zero-order valence-electron chi connectivity index (χ0n) is 29.1. The summed E-state index contributed by atoms with van der Waals surface area (Å²) in [6.45, 7) is 2.13. The topological polar surface area (TPSA) is 67.1 Å². The maximum Gasteiger partial charge on any atom is 0.238 e. The Balaban J connectivity index is 1.28. The molecule has 0 aliphatic carbocycles. The largest absolute Gasteiger partial charge is 0.392 e. The first kappa shape index (κ1) is 32.0. The fourth-order valence-corrected chi connectivity index (χ4v) is 7.16. The quantitative estimate of drug-likeness (QED) is 0.172. The third kappa shape index (κ3) is 5.91. The number of aromatic nitrogens is 4. The van der Waals surface area contributed by atoms with Gasteiger partial charge in [-0.1, -0.05) is 133 Å². The van der Waals surface area contributed by atoms with Crippen molar-refractivity contribution in [3.05, 3.63) is 187 Å². The van der Waals surface area contributed by atoms with Gasteiger partial charge in [-0.15, -0.1) is 0 Å². The second kappa shape index (κ2) is 13.7. The smallest absolute Gasteiger partial charge is 0.238 e. The van der Waals surface area contributed by atoms with Crippen LogP contribution in [0, 0.1) is 6.92 Å². The molecule has 0 unspecified atom stereocenters. The molecule has 0 atom stereocenters. The highest BCUT2D eigenvalue weighted by atomic mass is 16.3. The van der Waals surface area contributed by atoms with E-state index in [-0.39, 0.29) is 6.61 Å². The third-order valence-corrected chi connectivity index (χ3v) is 9.76. The molecule has 0 aliphatic heterocycles. The van der Waals surface area contributed by atoms with Crippen LogP contribution in [0.2, 0.25) is 0 Å². The van der Waals surface area contributed by atoms with Crippen LogP contribution in [0.1, 0.15) is 11.1 Å². The van der Waals surface area contributed by atoms with Gasteiger partial charge in [0.25, 0.3) is 0 Å². The summed E-state index contributed by atoms with van der Waals surface area (Å²) >= 11 is 0. The predicted molar refractivity (Wildman–Crippen MR) is 216 cm³/mol. The maximum absolute atomic E-state index is 9.88. The Morgan fingerprint density at radius 2 is 1.08 bits per heavy atom. The molecule has 0 spiro atoms. The van der Waals surface area contributed by atoms with E-state index in [1.807, 2.05) is 72.8 Å². The Hall–Kier alpha value is -6.89. The van der Waals surface area contributed by atoms with Crippen LogP contribution in [0.5, 0.6) is 0 Å². The number of fused-ring (bicyclic) bond motifs is 3. The lowest BCUT2D eigenvalue weighted by atomic mass is 10.00. The van der Waals surface area contributed by atoms with Crippen molar-refractivity contribution in [2.24, 2.45) is 0 Å². The summed E-state index contributed by atoms with van der Waals surface area (Å²) in [6.07, 6.45) is 0. The maximum atomic E-state index is 9.88. The number of hydrogen-bond acceptors (Lipinski definition) is 5. The zero-order chi connectivity index (χ0) is 35.7. The van der Waals surface area contributed by atoms with Crippen molar-refractivity contribution in [2.45, 2.75) is 13.5 Å². The number of benzene rings is 7. The molecule has 1 N–H and O–H groups in total. The number of hydrogen-bond donors (Lipinski definition) is 1. The summed E-state index contributed by atoms with van der Waals surface area (Å²) in [5.74, 6) is 1.76. The first-order valence-corrected chi connectivity index (χ1v) is 17.7. The van der Waals surface area contributed by atoms with Crippen LogP contribution in [-0.4, -0.2) is 24.6 Å². The highest BCUT2D eigenvalue weighted by Crippen LogP contribution is 2.44. The monoisotopic (exact) mass is 685 g/mol. The van der Waals surface area contributed by atoms with Crippen molar-refractivity contribution in [3.63, 3.8) is 0 Å². The van der Waals surface area contributed by atoms with Gasteiger partial charge in [0.2, 0.25) is 5.95 Å². The van der Waals surface area contributed by atoms with Gasteiger partial charge >= 0.3 is 0 Å². The minimum atomic E-state index is -0.0175. The van der Waals surface area contributed by atoms with Gasteiger partial charge in [0, 0.05) is 33.3 Å². The van der Waals surface area contributed by atoms with E-state index in [0.29, 0.717) is 17.6 Å². The van der Waals surface area contributed by atoms with Crippen molar-refractivity contribution in [3.8, 4) is 39.9 Å². The molecule has 53 heavy (non-hydrogen) atoms.